The molecule has 1 rings (SSSR count). The number of hydrogen-bond acceptors (Lipinski definition) is 5. The second-order valence-corrected chi connectivity index (χ2v) is 4.98. The van der Waals surface area contributed by atoms with Gasteiger partial charge in [-0.1, -0.05) is 12.1 Å². The molecule has 1 aromatic carbocycles. The van der Waals surface area contributed by atoms with Crippen molar-refractivity contribution in [3.05, 3.63) is 29.8 Å². The van der Waals surface area contributed by atoms with Crippen LogP contribution >= 0.6 is 0 Å². The molecule has 0 amide bonds. The summed E-state index contributed by atoms with van der Waals surface area (Å²) in [6.07, 6.45) is 0.525. The van der Waals surface area contributed by atoms with E-state index in [4.69, 9.17) is 14.2 Å². The number of rotatable bonds is 9. The maximum absolute atomic E-state index is 11.9. The monoisotopic (exact) mass is 295 g/mol. The number of esters is 1. The fraction of sp³-hybridized carbons (Fsp3) is 0.562. The van der Waals surface area contributed by atoms with E-state index in [1.54, 1.807) is 21.1 Å². The van der Waals surface area contributed by atoms with E-state index < -0.39 is 5.54 Å². The van der Waals surface area contributed by atoms with Gasteiger partial charge in [0.2, 0.25) is 0 Å². The first-order valence-corrected chi connectivity index (χ1v) is 7.12. The number of likely N-dealkylation sites (N-methyl/N-ethyl adjacent to an activating group) is 1. The third-order valence-electron chi connectivity index (χ3n) is 3.36. The first kappa shape index (κ1) is 17.5. The van der Waals surface area contributed by atoms with Crippen molar-refractivity contribution in [2.45, 2.75) is 32.4 Å². The Labute approximate surface area is 126 Å². The molecule has 0 saturated carbocycles. The molecule has 0 aliphatic rings. The van der Waals surface area contributed by atoms with Gasteiger partial charge in [-0.2, -0.15) is 0 Å². The number of nitrogens with one attached hydrogen (secondary N) is 1. The van der Waals surface area contributed by atoms with Crippen molar-refractivity contribution in [3.8, 4) is 5.75 Å². The van der Waals surface area contributed by atoms with E-state index in [0.29, 0.717) is 26.2 Å². The quantitative estimate of drug-likeness (QED) is 0.707. The normalized spacial score (nSPS) is 13.5. The predicted octanol–water partition coefficient (Wildman–Crippen LogP) is 2.14. The lowest BCUT2D eigenvalue weighted by Gasteiger charge is -2.26. The van der Waals surface area contributed by atoms with E-state index in [-0.39, 0.29) is 5.97 Å². The summed E-state index contributed by atoms with van der Waals surface area (Å²) in [6.45, 7) is 4.96. The summed E-state index contributed by atoms with van der Waals surface area (Å²) in [5, 5.41) is 3.01. The van der Waals surface area contributed by atoms with E-state index in [9.17, 15) is 4.79 Å². The molecule has 0 saturated heterocycles. The van der Waals surface area contributed by atoms with E-state index in [0.717, 1.165) is 11.3 Å². The molecule has 0 heterocycles. The Morgan fingerprint density at radius 3 is 2.76 bits per heavy atom. The molecule has 0 radical (unpaired) electrons. The zero-order chi connectivity index (χ0) is 15.7. The van der Waals surface area contributed by atoms with Crippen LogP contribution in [0.4, 0.5) is 0 Å². The second kappa shape index (κ2) is 8.64. The van der Waals surface area contributed by atoms with Gasteiger partial charge in [-0.05, 0) is 38.6 Å². The summed E-state index contributed by atoms with van der Waals surface area (Å²) in [6, 6.07) is 7.73. The summed E-state index contributed by atoms with van der Waals surface area (Å²) in [4.78, 5) is 11.9. The van der Waals surface area contributed by atoms with Crippen LogP contribution in [0.15, 0.2) is 24.3 Å². The highest BCUT2D eigenvalue weighted by Gasteiger charge is 2.32. The molecule has 1 N–H and O–H groups in total. The molecule has 1 aromatic rings. The molecule has 0 bridgehead atoms. The molecule has 1 atom stereocenters. The Kier molecular flexibility index (Phi) is 7.19. The van der Waals surface area contributed by atoms with Crippen LogP contribution in [0.1, 0.15) is 25.8 Å². The molecule has 5 nitrogen and oxygen atoms in total. The predicted molar refractivity (Wildman–Crippen MR) is 81.4 cm³/mol. The van der Waals surface area contributed by atoms with Gasteiger partial charge < -0.3 is 19.5 Å². The largest absolute Gasteiger partial charge is 0.493 e. The van der Waals surface area contributed by atoms with Crippen molar-refractivity contribution in [1.29, 1.82) is 0 Å². The van der Waals surface area contributed by atoms with Crippen LogP contribution in [-0.4, -0.2) is 38.9 Å². The molecular formula is C16H25NO4. The second-order valence-electron chi connectivity index (χ2n) is 4.98. The Morgan fingerprint density at radius 2 is 2.14 bits per heavy atom. The third kappa shape index (κ3) is 5.36. The van der Waals surface area contributed by atoms with Crippen LogP contribution in [0, 0.1) is 0 Å². The van der Waals surface area contributed by atoms with E-state index >= 15 is 0 Å². The molecule has 0 spiro atoms. The summed E-state index contributed by atoms with van der Waals surface area (Å²) in [5.41, 5.74) is 0.317. The highest BCUT2D eigenvalue weighted by molar-refractivity contribution is 5.80. The van der Waals surface area contributed by atoms with Crippen molar-refractivity contribution in [2.24, 2.45) is 0 Å². The molecule has 0 aliphatic heterocycles. The van der Waals surface area contributed by atoms with Gasteiger partial charge in [-0.25, -0.2) is 0 Å². The SMILES string of the molecule is CCOC(=O)C(C)(CCOc1cccc(COC)c1)NC. The summed E-state index contributed by atoms with van der Waals surface area (Å²) in [7, 11) is 3.40. The lowest BCUT2D eigenvalue weighted by Crippen LogP contribution is -2.49. The molecule has 1 unspecified atom stereocenters. The first-order chi connectivity index (χ1) is 10.1. The topological polar surface area (TPSA) is 56.8 Å². The molecule has 118 valence electrons. The lowest BCUT2D eigenvalue weighted by atomic mass is 9.99. The first-order valence-electron chi connectivity index (χ1n) is 7.12. The minimum atomic E-state index is -0.736. The number of ether oxygens (including phenoxy) is 3. The van der Waals surface area contributed by atoms with Gasteiger partial charge in [0.05, 0.1) is 19.8 Å². The molecule has 0 aromatic heterocycles. The molecule has 21 heavy (non-hydrogen) atoms. The van der Waals surface area contributed by atoms with Crippen molar-refractivity contribution < 1.29 is 19.0 Å². The fourth-order valence-corrected chi connectivity index (χ4v) is 1.88. The average molecular weight is 295 g/mol. The summed E-state index contributed by atoms with van der Waals surface area (Å²) >= 11 is 0. The Bertz CT molecular complexity index is 450. The van der Waals surface area contributed by atoms with Crippen LogP contribution in [0.25, 0.3) is 0 Å². The Morgan fingerprint density at radius 1 is 1.38 bits per heavy atom. The highest BCUT2D eigenvalue weighted by atomic mass is 16.5. The maximum Gasteiger partial charge on any atom is 0.326 e. The van der Waals surface area contributed by atoms with Crippen molar-refractivity contribution in [1.82, 2.24) is 5.32 Å². The van der Waals surface area contributed by atoms with Gasteiger partial charge in [0.15, 0.2) is 0 Å². The van der Waals surface area contributed by atoms with Gasteiger partial charge in [-0.3, -0.25) is 4.79 Å². The standard InChI is InChI=1S/C16H25NO4/c1-5-20-15(18)16(2,17-3)9-10-21-14-8-6-7-13(11-14)12-19-4/h6-8,11,17H,5,9-10,12H2,1-4H3. The van der Waals surface area contributed by atoms with Crippen LogP contribution in [0.3, 0.4) is 0 Å². The van der Waals surface area contributed by atoms with Gasteiger partial charge in [-0.15, -0.1) is 0 Å². The van der Waals surface area contributed by atoms with Crippen molar-refractivity contribution in [2.75, 3.05) is 27.4 Å². The number of methoxy groups -OCH3 is 1. The molecule has 0 fully saturated rings. The van der Waals surface area contributed by atoms with Crippen molar-refractivity contribution in [3.63, 3.8) is 0 Å². The van der Waals surface area contributed by atoms with Crippen LogP contribution in [0.2, 0.25) is 0 Å². The van der Waals surface area contributed by atoms with Gasteiger partial charge >= 0.3 is 5.97 Å². The van der Waals surface area contributed by atoms with Gasteiger partial charge in [0.25, 0.3) is 0 Å². The van der Waals surface area contributed by atoms with Gasteiger partial charge in [0.1, 0.15) is 11.3 Å². The highest BCUT2D eigenvalue weighted by Crippen LogP contribution is 2.17. The number of carbonyl (C=O) groups excluding carboxylic acids is 1. The minimum Gasteiger partial charge on any atom is -0.493 e. The Hall–Kier alpha value is -1.59. The zero-order valence-corrected chi connectivity index (χ0v) is 13.3. The number of hydrogen-bond donors (Lipinski definition) is 1. The average Bonchev–Trinajstić information content (AvgIpc) is 2.48. The van der Waals surface area contributed by atoms with E-state index in [2.05, 4.69) is 5.32 Å². The smallest absolute Gasteiger partial charge is 0.326 e. The van der Waals surface area contributed by atoms with Gasteiger partial charge in [0, 0.05) is 13.5 Å². The van der Waals surface area contributed by atoms with Crippen LogP contribution < -0.4 is 10.1 Å². The molecule has 5 heteroatoms. The minimum absolute atomic E-state index is 0.260. The van der Waals surface area contributed by atoms with Crippen LogP contribution in [0.5, 0.6) is 5.75 Å². The van der Waals surface area contributed by atoms with Crippen molar-refractivity contribution >= 4 is 5.97 Å². The third-order valence-corrected chi connectivity index (χ3v) is 3.36. The van der Waals surface area contributed by atoms with E-state index in [1.807, 2.05) is 31.2 Å². The summed E-state index contributed by atoms with van der Waals surface area (Å²) in [5.74, 6) is 0.510. The number of carbonyl (C=O) groups is 1. The Balaban J connectivity index is 2.54. The van der Waals surface area contributed by atoms with E-state index in [1.165, 1.54) is 0 Å². The molecular weight excluding hydrogens is 270 g/mol. The number of benzene rings is 1. The molecule has 0 aliphatic carbocycles. The van der Waals surface area contributed by atoms with Crippen LogP contribution in [-0.2, 0) is 20.9 Å². The maximum atomic E-state index is 11.9. The summed E-state index contributed by atoms with van der Waals surface area (Å²) < 4.78 is 15.9. The lowest BCUT2D eigenvalue weighted by molar-refractivity contribution is -0.150. The zero-order valence-electron chi connectivity index (χ0n) is 13.3. The fourth-order valence-electron chi connectivity index (χ4n) is 1.88.